The first-order chi connectivity index (χ1) is 22.3. The van der Waals surface area contributed by atoms with Gasteiger partial charge in [-0.25, -0.2) is 15.0 Å². The molecule has 3 heterocycles. The predicted molar refractivity (Wildman–Crippen MR) is 182 cm³/mol. The predicted octanol–water partition coefficient (Wildman–Crippen LogP) is 10.1. The van der Waals surface area contributed by atoms with Crippen LogP contribution in [0.2, 0.25) is 0 Å². The number of fused-ring (bicyclic) bond motifs is 5. The molecule has 0 unspecified atom stereocenters. The summed E-state index contributed by atoms with van der Waals surface area (Å²) in [5, 5.41) is 5.43. The average molecular weight is 577 g/mol. The van der Waals surface area contributed by atoms with Crippen molar-refractivity contribution in [2.75, 3.05) is 0 Å². The van der Waals surface area contributed by atoms with E-state index >= 15 is 0 Å². The van der Waals surface area contributed by atoms with Crippen molar-refractivity contribution in [2.24, 2.45) is 0 Å². The van der Waals surface area contributed by atoms with Gasteiger partial charge in [-0.15, -0.1) is 0 Å². The number of furan rings is 1. The Labute approximate surface area is 258 Å². The number of nitrogens with zero attached hydrogens (tertiary/aromatic N) is 4. The van der Waals surface area contributed by atoms with E-state index in [2.05, 4.69) is 65.6 Å². The number of rotatable bonds is 4. The normalized spacial score (nSPS) is 11.6. The van der Waals surface area contributed by atoms with Gasteiger partial charge in [0.15, 0.2) is 17.5 Å². The van der Waals surface area contributed by atoms with Crippen molar-refractivity contribution in [3.05, 3.63) is 146 Å². The largest absolute Gasteiger partial charge is 0.456 e. The van der Waals surface area contributed by atoms with Crippen LogP contribution in [0.25, 0.3) is 88.9 Å². The maximum atomic E-state index is 6.37. The van der Waals surface area contributed by atoms with Gasteiger partial charge < -0.3 is 4.42 Å². The highest BCUT2D eigenvalue weighted by Gasteiger charge is 2.18. The van der Waals surface area contributed by atoms with Gasteiger partial charge >= 0.3 is 0 Å². The molecular weight excluding hydrogens is 552 g/mol. The Kier molecular flexibility index (Phi) is 5.74. The van der Waals surface area contributed by atoms with Crippen LogP contribution in [0.1, 0.15) is 0 Å². The van der Waals surface area contributed by atoms with E-state index in [1.54, 1.807) is 0 Å². The highest BCUT2D eigenvalue weighted by molar-refractivity contribution is 6.18. The molecule has 210 valence electrons. The fourth-order valence-corrected chi connectivity index (χ4v) is 6.29. The topological polar surface area (TPSA) is 64.7 Å². The van der Waals surface area contributed by atoms with Crippen LogP contribution in [0.4, 0.5) is 0 Å². The second-order valence-corrected chi connectivity index (χ2v) is 11.1. The van der Waals surface area contributed by atoms with Crippen molar-refractivity contribution < 1.29 is 4.42 Å². The average Bonchev–Trinajstić information content (AvgIpc) is 3.48. The highest BCUT2D eigenvalue weighted by Crippen LogP contribution is 2.41. The van der Waals surface area contributed by atoms with Gasteiger partial charge in [-0.3, -0.25) is 4.98 Å². The molecule has 0 aliphatic carbocycles. The molecule has 5 heteroatoms. The molecule has 0 N–H and O–H groups in total. The molecular formula is C40H24N4O. The number of hydrogen-bond donors (Lipinski definition) is 0. The van der Waals surface area contributed by atoms with Gasteiger partial charge in [0, 0.05) is 45.1 Å². The molecule has 0 bridgehead atoms. The van der Waals surface area contributed by atoms with Gasteiger partial charge in [0.2, 0.25) is 0 Å². The first-order valence-electron chi connectivity index (χ1n) is 14.9. The molecule has 0 atom stereocenters. The van der Waals surface area contributed by atoms with Crippen LogP contribution in [0.3, 0.4) is 0 Å². The summed E-state index contributed by atoms with van der Waals surface area (Å²) in [5.74, 6) is 1.92. The second kappa shape index (κ2) is 10.2. The maximum Gasteiger partial charge on any atom is 0.164 e. The van der Waals surface area contributed by atoms with Crippen molar-refractivity contribution >= 4 is 43.6 Å². The Morgan fingerprint density at radius 2 is 1.04 bits per heavy atom. The van der Waals surface area contributed by atoms with E-state index in [0.717, 1.165) is 71.4 Å². The first-order valence-corrected chi connectivity index (χ1v) is 14.9. The summed E-state index contributed by atoms with van der Waals surface area (Å²) in [4.78, 5) is 19.5. The third-order valence-electron chi connectivity index (χ3n) is 8.37. The fraction of sp³-hybridized carbons (Fsp3) is 0. The van der Waals surface area contributed by atoms with Crippen molar-refractivity contribution in [1.29, 1.82) is 0 Å². The van der Waals surface area contributed by atoms with E-state index in [1.807, 2.05) is 85.1 Å². The molecule has 0 aliphatic heterocycles. The zero-order valence-electron chi connectivity index (χ0n) is 24.1. The van der Waals surface area contributed by atoms with Crippen LogP contribution in [-0.2, 0) is 0 Å². The molecule has 0 fully saturated rings. The summed E-state index contributed by atoms with van der Waals surface area (Å²) >= 11 is 0. The molecule has 0 saturated carbocycles. The van der Waals surface area contributed by atoms with Crippen LogP contribution in [0.15, 0.2) is 150 Å². The lowest BCUT2D eigenvalue weighted by Crippen LogP contribution is -2.00. The highest BCUT2D eigenvalue weighted by atomic mass is 16.3. The van der Waals surface area contributed by atoms with Gasteiger partial charge in [0.05, 0.1) is 5.52 Å². The first kappa shape index (κ1) is 25.3. The van der Waals surface area contributed by atoms with E-state index in [9.17, 15) is 0 Å². The molecule has 0 saturated heterocycles. The lowest BCUT2D eigenvalue weighted by molar-refractivity contribution is 0.669. The number of benzene rings is 6. The molecule has 0 spiro atoms. The molecule has 45 heavy (non-hydrogen) atoms. The monoisotopic (exact) mass is 576 g/mol. The van der Waals surface area contributed by atoms with Gasteiger partial charge in [0.1, 0.15) is 11.2 Å². The van der Waals surface area contributed by atoms with Gasteiger partial charge in [-0.2, -0.15) is 0 Å². The smallest absolute Gasteiger partial charge is 0.164 e. The van der Waals surface area contributed by atoms with E-state index in [0.29, 0.717) is 17.5 Å². The molecule has 6 aromatic carbocycles. The summed E-state index contributed by atoms with van der Waals surface area (Å²) in [6.07, 6.45) is 1.81. The van der Waals surface area contributed by atoms with E-state index in [-0.39, 0.29) is 0 Å². The molecule has 9 aromatic rings. The minimum absolute atomic E-state index is 0.636. The third kappa shape index (κ3) is 4.25. The molecule has 0 amide bonds. The number of hydrogen-bond acceptors (Lipinski definition) is 5. The zero-order valence-corrected chi connectivity index (χ0v) is 24.1. The SMILES string of the molecule is c1ccc(-c2nc(-c3ccccc3)nc(-c3cccc4c(-c5cccc6oc7cc8ncccc8cc7c56)cccc34)n2)cc1. The molecule has 0 radical (unpaired) electrons. The van der Waals surface area contributed by atoms with E-state index < -0.39 is 0 Å². The van der Waals surface area contributed by atoms with Crippen LogP contribution in [-0.4, -0.2) is 19.9 Å². The maximum absolute atomic E-state index is 6.37. The summed E-state index contributed by atoms with van der Waals surface area (Å²) < 4.78 is 6.37. The van der Waals surface area contributed by atoms with Gasteiger partial charge in [-0.1, -0.05) is 115 Å². The Hall–Kier alpha value is -6.20. The molecule has 9 rings (SSSR count). The minimum Gasteiger partial charge on any atom is -0.456 e. The van der Waals surface area contributed by atoms with Gasteiger partial charge in [0.25, 0.3) is 0 Å². The summed E-state index contributed by atoms with van der Waals surface area (Å²) in [5.41, 5.74) is 7.67. The second-order valence-electron chi connectivity index (χ2n) is 11.1. The summed E-state index contributed by atoms with van der Waals surface area (Å²) in [6, 6.07) is 47.5. The van der Waals surface area contributed by atoms with Crippen molar-refractivity contribution in [1.82, 2.24) is 19.9 Å². The number of aromatic nitrogens is 4. The quantitative estimate of drug-likeness (QED) is 0.209. The Bertz CT molecular complexity index is 2480. The van der Waals surface area contributed by atoms with E-state index in [4.69, 9.17) is 19.4 Å². The van der Waals surface area contributed by atoms with E-state index in [1.165, 1.54) is 0 Å². The zero-order chi connectivity index (χ0) is 29.7. The van der Waals surface area contributed by atoms with Crippen molar-refractivity contribution in [3.63, 3.8) is 0 Å². The van der Waals surface area contributed by atoms with Crippen LogP contribution in [0, 0.1) is 0 Å². The summed E-state index contributed by atoms with van der Waals surface area (Å²) in [7, 11) is 0. The third-order valence-corrected chi connectivity index (χ3v) is 8.37. The Morgan fingerprint density at radius 3 is 1.78 bits per heavy atom. The Balaban J connectivity index is 1.28. The molecule has 3 aromatic heterocycles. The fourth-order valence-electron chi connectivity index (χ4n) is 6.29. The van der Waals surface area contributed by atoms with Crippen LogP contribution >= 0.6 is 0 Å². The molecule has 0 aliphatic rings. The van der Waals surface area contributed by atoms with Gasteiger partial charge in [-0.05, 0) is 40.1 Å². The van der Waals surface area contributed by atoms with Crippen LogP contribution < -0.4 is 0 Å². The standard InChI is InChI=1S/C40H24N4O/c1-3-11-25(12-4-1)38-42-39(26-13-5-2-6-14-26)44-40(43-38)32-20-8-16-28-29(17-7-18-30(28)32)31-19-9-21-35-37(31)33-23-27-15-10-22-41-34(27)24-36(33)45-35/h1-24H. The lowest BCUT2D eigenvalue weighted by Gasteiger charge is -2.13. The van der Waals surface area contributed by atoms with Crippen molar-refractivity contribution in [3.8, 4) is 45.3 Å². The lowest BCUT2D eigenvalue weighted by atomic mass is 9.92. The summed E-state index contributed by atoms with van der Waals surface area (Å²) in [6.45, 7) is 0. The minimum atomic E-state index is 0.636. The van der Waals surface area contributed by atoms with Crippen molar-refractivity contribution in [2.45, 2.75) is 0 Å². The molecule has 5 nitrogen and oxygen atoms in total. The Morgan fingerprint density at radius 1 is 0.422 bits per heavy atom. The number of pyridine rings is 1. The van der Waals surface area contributed by atoms with Crippen LogP contribution in [0.5, 0.6) is 0 Å².